The van der Waals surface area contributed by atoms with E-state index in [9.17, 15) is 0 Å². The average Bonchev–Trinajstić information content (AvgIpc) is 2.64. The molecule has 7 heteroatoms. The van der Waals surface area contributed by atoms with Gasteiger partial charge in [-0.2, -0.15) is 0 Å². The molecule has 1 rings (SSSR count). The van der Waals surface area contributed by atoms with Gasteiger partial charge in [-0.25, -0.2) is 0 Å². The van der Waals surface area contributed by atoms with Crippen molar-refractivity contribution in [3.63, 3.8) is 0 Å². The number of benzene rings is 1. The zero-order chi connectivity index (χ0) is 22.0. The highest BCUT2D eigenvalue weighted by atomic mass is 32.2. The van der Waals surface area contributed by atoms with Gasteiger partial charge in [-0.15, -0.1) is 0 Å². The number of rotatable bonds is 13. The van der Waals surface area contributed by atoms with Crippen LogP contribution in [-0.2, 0) is 17.7 Å². The lowest BCUT2D eigenvalue weighted by Crippen LogP contribution is -2.47. The van der Waals surface area contributed by atoms with E-state index in [0.29, 0.717) is 26.4 Å². The van der Waals surface area contributed by atoms with Crippen LogP contribution in [0.15, 0.2) is 45.8 Å². The highest BCUT2D eigenvalue weighted by Gasteiger charge is 2.46. The van der Waals surface area contributed by atoms with E-state index < -0.39 is 17.1 Å². The largest absolute Gasteiger partial charge is 0.543 e. The summed E-state index contributed by atoms with van der Waals surface area (Å²) in [5.41, 5.74) is 0. The topological polar surface area (TPSA) is 36.9 Å². The minimum Gasteiger partial charge on any atom is -0.417 e. The van der Waals surface area contributed by atoms with Gasteiger partial charge in [-0.3, -0.25) is 0 Å². The molecular weight excluding hydrogens is 416 g/mol. The lowest BCUT2D eigenvalue weighted by atomic mass is 10.2. The number of hydrogen-bond donors (Lipinski definition) is 0. The van der Waals surface area contributed by atoms with Gasteiger partial charge in [-0.1, -0.05) is 56.8 Å². The predicted octanol–water partition coefficient (Wildman–Crippen LogP) is 6.66. The Hall–Kier alpha value is -0.416. The fourth-order valence-electron chi connectivity index (χ4n) is 2.47. The summed E-state index contributed by atoms with van der Waals surface area (Å²) in [6.45, 7) is 19.7. The van der Waals surface area contributed by atoms with Gasteiger partial charge in [0, 0.05) is 31.3 Å². The molecule has 1 aromatic rings. The monoisotopic (exact) mass is 456 g/mol. The smallest absolute Gasteiger partial charge is 0.417 e. The standard InChI is InChI=1S/C22H40O4SSi2/c1-9-23-29(24-10-2,25-11-3)21(27-20-16-13-12-14-17-20)18-15-19-26-28(7,8)22(4,5)6/h12-14,16-18H,9-11,15,19H2,1-8H3/b21-18+. The minimum atomic E-state index is -2.96. The summed E-state index contributed by atoms with van der Waals surface area (Å²) in [6, 6.07) is 10.3. The Kier molecular flexibility index (Phi) is 11.4. The van der Waals surface area contributed by atoms with Gasteiger partial charge < -0.3 is 17.7 Å². The van der Waals surface area contributed by atoms with Crippen LogP contribution in [0.5, 0.6) is 0 Å². The number of thioether (sulfide) groups is 1. The maximum Gasteiger partial charge on any atom is 0.543 e. The molecule has 0 bridgehead atoms. The van der Waals surface area contributed by atoms with Gasteiger partial charge in [0.05, 0.1) is 4.53 Å². The Morgan fingerprint density at radius 3 is 1.86 bits per heavy atom. The van der Waals surface area contributed by atoms with Crippen molar-refractivity contribution in [3.05, 3.63) is 40.9 Å². The summed E-state index contributed by atoms with van der Waals surface area (Å²) in [6.07, 6.45) is 3.02. The van der Waals surface area contributed by atoms with E-state index in [-0.39, 0.29) is 5.04 Å². The van der Waals surface area contributed by atoms with Gasteiger partial charge in [0.1, 0.15) is 0 Å². The molecule has 1 aromatic carbocycles. The first-order chi connectivity index (χ1) is 13.6. The van der Waals surface area contributed by atoms with Crippen LogP contribution < -0.4 is 0 Å². The summed E-state index contributed by atoms with van der Waals surface area (Å²) in [5, 5.41) is 0.207. The summed E-state index contributed by atoms with van der Waals surface area (Å²) < 4.78 is 25.9. The molecule has 0 atom stereocenters. The summed E-state index contributed by atoms with van der Waals surface area (Å²) in [5.74, 6) is 0. The molecule has 0 aliphatic heterocycles. The minimum absolute atomic E-state index is 0.207. The van der Waals surface area contributed by atoms with E-state index in [4.69, 9.17) is 17.7 Å². The lowest BCUT2D eigenvalue weighted by molar-refractivity contribution is 0.0831. The van der Waals surface area contributed by atoms with Crippen molar-refractivity contribution < 1.29 is 17.7 Å². The molecule has 0 amide bonds. The third kappa shape index (κ3) is 8.32. The first kappa shape index (κ1) is 26.6. The first-order valence-corrected chi connectivity index (χ1v) is 16.1. The van der Waals surface area contributed by atoms with E-state index >= 15 is 0 Å². The van der Waals surface area contributed by atoms with E-state index in [2.05, 4.69) is 52.1 Å². The highest BCUT2D eigenvalue weighted by molar-refractivity contribution is 8.05. The second-order valence-corrected chi connectivity index (χ2v) is 17.0. The van der Waals surface area contributed by atoms with E-state index in [1.165, 1.54) is 0 Å². The molecule has 0 radical (unpaired) electrons. The molecule has 0 fully saturated rings. The van der Waals surface area contributed by atoms with Crippen LogP contribution >= 0.6 is 11.8 Å². The molecule has 0 N–H and O–H groups in total. The molecule has 0 aliphatic rings. The van der Waals surface area contributed by atoms with Crippen molar-refractivity contribution in [2.24, 2.45) is 0 Å². The molecule has 29 heavy (non-hydrogen) atoms. The Bertz CT molecular complexity index is 598. The van der Waals surface area contributed by atoms with Crippen molar-refractivity contribution in [2.45, 2.75) is 71.0 Å². The van der Waals surface area contributed by atoms with Crippen LogP contribution in [0.1, 0.15) is 48.0 Å². The van der Waals surface area contributed by atoms with Crippen molar-refractivity contribution in [3.8, 4) is 0 Å². The zero-order valence-corrected chi connectivity index (χ0v) is 22.4. The van der Waals surface area contributed by atoms with E-state index in [1.54, 1.807) is 11.8 Å². The molecule has 0 spiro atoms. The van der Waals surface area contributed by atoms with Crippen LogP contribution in [0.3, 0.4) is 0 Å². The van der Waals surface area contributed by atoms with E-state index in [0.717, 1.165) is 15.8 Å². The van der Waals surface area contributed by atoms with Crippen LogP contribution in [0.2, 0.25) is 18.1 Å². The van der Waals surface area contributed by atoms with Crippen molar-refractivity contribution in [2.75, 3.05) is 26.4 Å². The molecular formula is C22H40O4SSi2. The third-order valence-electron chi connectivity index (χ3n) is 4.99. The molecule has 0 heterocycles. The average molecular weight is 457 g/mol. The molecule has 0 saturated carbocycles. The fraction of sp³-hybridized carbons (Fsp3) is 0.636. The molecule has 0 unspecified atom stereocenters. The second kappa shape index (κ2) is 12.4. The van der Waals surface area contributed by atoms with Crippen LogP contribution in [0, 0.1) is 0 Å². The van der Waals surface area contributed by atoms with Crippen LogP contribution in [0.25, 0.3) is 0 Å². The fourth-order valence-corrected chi connectivity index (χ4v) is 7.88. The molecule has 0 saturated heterocycles. The summed E-state index contributed by atoms with van der Waals surface area (Å²) >= 11 is 1.68. The first-order valence-electron chi connectivity index (χ1n) is 10.6. The molecule has 0 aromatic heterocycles. The van der Waals surface area contributed by atoms with Gasteiger partial charge in [-0.05, 0) is 57.5 Å². The van der Waals surface area contributed by atoms with Crippen molar-refractivity contribution in [1.29, 1.82) is 0 Å². The Labute approximate surface area is 184 Å². The van der Waals surface area contributed by atoms with Crippen molar-refractivity contribution in [1.82, 2.24) is 0 Å². The van der Waals surface area contributed by atoms with Crippen molar-refractivity contribution >= 4 is 28.9 Å². The highest BCUT2D eigenvalue weighted by Crippen LogP contribution is 2.38. The Balaban J connectivity index is 3.09. The Morgan fingerprint density at radius 2 is 1.41 bits per heavy atom. The SMILES string of the molecule is CCO[Si](OCC)(OCC)/C(=C/CCO[Si](C)(C)C(C)(C)C)Sc1ccccc1. The third-order valence-corrected chi connectivity index (χ3v) is 14.3. The predicted molar refractivity (Wildman–Crippen MR) is 129 cm³/mol. The normalized spacial score (nSPS) is 13.7. The summed E-state index contributed by atoms with van der Waals surface area (Å²) in [7, 11) is -4.72. The van der Waals surface area contributed by atoms with Gasteiger partial charge in [0.15, 0.2) is 8.32 Å². The van der Waals surface area contributed by atoms with E-state index in [1.807, 2.05) is 39.0 Å². The zero-order valence-electron chi connectivity index (χ0n) is 19.5. The van der Waals surface area contributed by atoms with Gasteiger partial charge in [0.25, 0.3) is 0 Å². The van der Waals surface area contributed by atoms with Gasteiger partial charge >= 0.3 is 8.80 Å². The lowest BCUT2D eigenvalue weighted by Gasteiger charge is -2.36. The molecule has 0 aliphatic carbocycles. The van der Waals surface area contributed by atoms with Gasteiger partial charge in [0.2, 0.25) is 0 Å². The van der Waals surface area contributed by atoms with Crippen LogP contribution in [0.4, 0.5) is 0 Å². The maximum absolute atomic E-state index is 6.37. The quantitative estimate of drug-likeness (QED) is 0.188. The maximum atomic E-state index is 6.37. The summed E-state index contributed by atoms with van der Waals surface area (Å²) in [4.78, 5) is 1.15. The molecule has 166 valence electrons. The second-order valence-electron chi connectivity index (χ2n) is 8.24. The van der Waals surface area contributed by atoms with Crippen LogP contribution in [-0.4, -0.2) is 43.5 Å². The number of hydrogen-bond acceptors (Lipinski definition) is 5. The molecule has 4 nitrogen and oxygen atoms in total. The Morgan fingerprint density at radius 1 is 0.897 bits per heavy atom.